The molecular weight excluding hydrogens is 368 g/mol. The average molecular weight is 392 g/mol. The van der Waals surface area contributed by atoms with E-state index < -0.39 is 0 Å². The summed E-state index contributed by atoms with van der Waals surface area (Å²) < 4.78 is 5.50. The Morgan fingerprint density at radius 3 is 2.59 bits per heavy atom. The number of hydrogen-bond donors (Lipinski definition) is 2. The largest absolute Gasteiger partial charge is 0.444 e. The van der Waals surface area contributed by atoms with E-state index in [2.05, 4.69) is 15.6 Å². The Morgan fingerprint density at radius 2 is 1.86 bits per heavy atom. The molecule has 0 spiro atoms. The number of urea groups is 1. The first-order valence-electron chi connectivity index (χ1n) is 9.31. The smallest absolute Gasteiger partial charge is 0.319 e. The molecule has 0 aliphatic heterocycles. The van der Waals surface area contributed by atoms with Crippen LogP contribution < -0.4 is 10.6 Å². The molecule has 3 amide bonds. The van der Waals surface area contributed by atoms with Gasteiger partial charge in [-0.2, -0.15) is 0 Å². The normalized spacial score (nSPS) is 10.4. The minimum atomic E-state index is -0.339. The topological polar surface area (TPSA) is 87.5 Å². The summed E-state index contributed by atoms with van der Waals surface area (Å²) in [6.07, 6.45) is 2.14. The molecule has 0 saturated carbocycles. The van der Waals surface area contributed by atoms with Crippen molar-refractivity contribution in [3.05, 3.63) is 71.6 Å². The van der Waals surface area contributed by atoms with E-state index in [4.69, 9.17) is 4.42 Å². The third-order valence-electron chi connectivity index (χ3n) is 4.38. The maximum absolute atomic E-state index is 12.2. The summed E-state index contributed by atoms with van der Waals surface area (Å²) in [5.74, 6) is 0.441. The number of carbonyl (C=O) groups excluding carboxylic acids is 2. The van der Waals surface area contributed by atoms with Gasteiger partial charge in [0.05, 0.1) is 5.69 Å². The minimum absolute atomic E-state index is 0.117. The highest BCUT2D eigenvalue weighted by atomic mass is 16.3. The van der Waals surface area contributed by atoms with Gasteiger partial charge in [0.1, 0.15) is 6.26 Å². The van der Waals surface area contributed by atoms with Crippen molar-refractivity contribution in [2.75, 3.05) is 26.0 Å². The molecule has 2 N–H and O–H groups in total. The van der Waals surface area contributed by atoms with Gasteiger partial charge in [-0.05, 0) is 36.8 Å². The van der Waals surface area contributed by atoms with E-state index in [-0.39, 0.29) is 11.9 Å². The first-order valence-corrected chi connectivity index (χ1v) is 9.31. The third-order valence-corrected chi connectivity index (χ3v) is 4.38. The lowest BCUT2D eigenvalue weighted by molar-refractivity contribution is 0.0827. The maximum atomic E-state index is 12.2. The molecule has 0 aliphatic carbocycles. The van der Waals surface area contributed by atoms with Crippen LogP contribution in [0.2, 0.25) is 0 Å². The van der Waals surface area contributed by atoms with Gasteiger partial charge < -0.3 is 20.0 Å². The lowest BCUT2D eigenvalue weighted by Gasteiger charge is -2.14. The van der Waals surface area contributed by atoms with Crippen molar-refractivity contribution in [2.24, 2.45) is 0 Å². The van der Waals surface area contributed by atoms with E-state index >= 15 is 0 Å². The molecule has 3 rings (SSSR count). The number of benzene rings is 2. The fraction of sp³-hybridized carbons (Fsp3) is 0.227. The van der Waals surface area contributed by atoms with Crippen LogP contribution in [-0.2, 0) is 6.42 Å². The van der Waals surface area contributed by atoms with Crippen LogP contribution in [0.1, 0.15) is 21.6 Å². The van der Waals surface area contributed by atoms with Crippen molar-refractivity contribution in [3.8, 4) is 11.5 Å². The van der Waals surface area contributed by atoms with Crippen molar-refractivity contribution in [2.45, 2.75) is 13.3 Å². The zero-order valence-electron chi connectivity index (χ0n) is 16.7. The minimum Gasteiger partial charge on any atom is -0.444 e. The van der Waals surface area contributed by atoms with Gasteiger partial charge in [-0.15, -0.1) is 0 Å². The number of amides is 3. The molecule has 7 nitrogen and oxygen atoms in total. The van der Waals surface area contributed by atoms with Crippen molar-refractivity contribution in [1.29, 1.82) is 0 Å². The summed E-state index contributed by atoms with van der Waals surface area (Å²) in [6.45, 7) is 2.28. The third kappa shape index (κ3) is 5.22. The van der Waals surface area contributed by atoms with Gasteiger partial charge in [0, 0.05) is 43.9 Å². The van der Waals surface area contributed by atoms with Crippen LogP contribution in [-0.4, -0.2) is 42.5 Å². The van der Waals surface area contributed by atoms with Gasteiger partial charge in [-0.3, -0.25) is 4.79 Å². The number of nitrogens with one attached hydrogen (secondary N) is 2. The second-order valence-electron chi connectivity index (χ2n) is 6.87. The predicted molar refractivity (Wildman–Crippen MR) is 112 cm³/mol. The Bertz CT molecular complexity index is 996. The molecule has 0 aliphatic rings. The van der Waals surface area contributed by atoms with Gasteiger partial charge in [-0.25, -0.2) is 9.78 Å². The number of carbonyl (C=O) groups is 2. The molecule has 0 unspecified atom stereocenters. The van der Waals surface area contributed by atoms with Crippen molar-refractivity contribution in [3.63, 3.8) is 0 Å². The highest BCUT2D eigenvalue weighted by molar-refractivity contribution is 5.97. The standard InChI is InChI=1S/C22H24N4O3/c1-15-9-10-17(21(27)26(2)3)13-19(15)25-22(28)23-12-11-18-14-29-20(24-18)16-7-5-4-6-8-16/h4-10,13-14H,11-12H2,1-3H3,(H2,23,25,28). The number of anilines is 1. The first-order chi connectivity index (χ1) is 13.9. The first kappa shape index (κ1) is 20.1. The van der Waals surface area contributed by atoms with Gasteiger partial charge >= 0.3 is 6.03 Å². The second-order valence-corrected chi connectivity index (χ2v) is 6.87. The molecule has 1 aromatic heterocycles. The quantitative estimate of drug-likeness (QED) is 0.669. The molecular formula is C22H24N4O3. The molecule has 0 atom stereocenters. The SMILES string of the molecule is Cc1ccc(C(=O)N(C)C)cc1NC(=O)NCCc1coc(-c2ccccc2)n1. The number of hydrogen-bond acceptors (Lipinski definition) is 4. The second kappa shape index (κ2) is 9.05. The molecule has 0 bridgehead atoms. The summed E-state index contributed by atoms with van der Waals surface area (Å²) in [4.78, 5) is 30.3. The van der Waals surface area contributed by atoms with E-state index in [9.17, 15) is 9.59 Å². The molecule has 3 aromatic rings. The van der Waals surface area contributed by atoms with E-state index in [0.29, 0.717) is 30.1 Å². The van der Waals surface area contributed by atoms with E-state index in [1.165, 1.54) is 4.90 Å². The summed E-state index contributed by atoms with van der Waals surface area (Å²) in [7, 11) is 3.38. The lowest BCUT2D eigenvalue weighted by Crippen LogP contribution is -2.31. The number of rotatable bonds is 6. The zero-order chi connectivity index (χ0) is 20.8. The van der Waals surface area contributed by atoms with Crippen LogP contribution in [0.15, 0.2) is 59.2 Å². The molecule has 7 heteroatoms. The summed E-state index contributed by atoms with van der Waals surface area (Å²) in [6, 6.07) is 14.5. The molecule has 29 heavy (non-hydrogen) atoms. The average Bonchev–Trinajstić information content (AvgIpc) is 3.18. The van der Waals surface area contributed by atoms with Gasteiger partial charge in [-0.1, -0.05) is 24.3 Å². The van der Waals surface area contributed by atoms with Crippen LogP contribution in [0, 0.1) is 6.92 Å². The Kier molecular flexibility index (Phi) is 6.29. The van der Waals surface area contributed by atoms with Crippen molar-refractivity contribution < 1.29 is 14.0 Å². The molecule has 1 heterocycles. The number of nitrogens with zero attached hydrogens (tertiary/aromatic N) is 2. The van der Waals surface area contributed by atoms with E-state index in [0.717, 1.165) is 16.8 Å². The summed E-state index contributed by atoms with van der Waals surface area (Å²) >= 11 is 0. The van der Waals surface area contributed by atoms with Crippen molar-refractivity contribution in [1.82, 2.24) is 15.2 Å². The fourth-order valence-corrected chi connectivity index (χ4v) is 2.75. The van der Waals surface area contributed by atoms with E-state index in [1.54, 1.807) is 32.5 Å². The van der Waals surface area contributed by atoms with E-state index in [1.807, 2.05) is 43.3 Å². The summed E-state index contributed by atoms with van der Waals surface area (Å²) in [5, 5.41) is 5.60. The van der Waals surface area contributed by atoms with Crippen LogP contribution in [0.25, 0.3) is 11.5 Å². The molecule has 0 fully saturated rings. The van der Waals surface area contributed by atoms with Crippen LogP contribution in [0.4, 0.5) is 10.5 Å². The Morgan fingerprint density at radius 1 is 1.10 bits per heavy atom. The van der Waals surface area contributed by atoms with Crippen molar-refractivity contribution >= 4 is 17.6 Å². The highest BCUT2D eigenvalue weighted by Gasteiger charge is 2.12. The van der Waals surface area contributed by atoms with Crippen LogP contribution >= 0.6 is 0 Å². The lowest BCUT2D eigenvalue weighted by atomic mass is 10.1. The maximum Gasteiger partial charge on any atom is 0.319 e. The molecule has 2 aromatic carbocycles. The summed E-state index contributed by atoms with van der Waals surface area (Å²) in [5.41, 5.74) is 3.67. The van der Waals surface area contributed by atoms with Gasteiger partial charge in [0.15, 0.2) is 0 Å². The van der Waals surface area contributed by atoms with Crippen LogP contribution in [0.3, 0.4) is 0 Å². The number of oxazole rings is 1. The monoisotopic (exact) mass is 392 g/mol. The highest BCUT2D eigenvalue weighted by Crippen LogP contribution is 2.19. The Labute approximate surface area is 169 Å². The number of aromatic nitrogens is 1. The fourth-order valence-electron chi connectivity index (χ4n) is 2.75. The van der Waals surface area contributed by atoms with Crippen LogP contribution in [0.5, 0.6) is 0 Å². The molecule has 150 valence electrons. The zero-order valence-corrected chi connectivity index (χ0v) is 16.7. The molecule has 0 radical (unpaired) electrons. The number of aryl methyl sites for hydroxylation is 1. The predicted octanol–water partition coefficient (Wildman–Crippen LogP) is 3.72. The molecule has 0 saturated heterocycles. The van der Waals surface area contributed by atoms with Gasteiger partial charge in [0.2, 0.25) is 5.89 Å². The Balaban J connectivity index is 1.54. The van der Waals surface area contributed by atoms with Gasteiger partial charge in [0.25, 0.3) is 5.91 Å². The Hall–Kier alpha value is -3.61.